The van der Waals surface area contributed by atoms with Gasteiger partial charge < -0.3 is 9.72 Å². The highest BCUT2D eigenvalue weighted by Crippen LogP contribution is 2.26. The van der Waals surface area contributed by atoms with Gasteiger partial charge in [-0.15, -0.1) is 0 Å². The van der Waals surface area contributed by atoms with Gasteiger partial charge in [-0.25, -0.2) is 13.4 Å². The van der Waals surface area contributed by atoms with Crippen LogP contribution in [0, 0.1) is 6.92 Å². The lowest BCUT2D eigenvalue weighted by Gasteiger charge is -2.11. The molecule has 28 heavy (non-hydrogen) atoms. The molecule has 0 radical (unpaired) electrons. The van der Waals surface area contributed by atoms with Gasteiger partial charge in [0.15, 0.2) is 0 Å². The third kappa shape index (κ3) is 3.44. The monoisotopic (exact) mass is 393 g/mol. The molecule has 0 aliphatic carbocycles. The van der Waals surface area contributed by atoms with Crippen LogP contribution in [0.15, 0.2) is 71.6 Å². The fourth-order valence-electron chi connectivity index (χ4n) is 3.05. The Balaban J connectivity index is 1.65. The summed E-state index contributed by atoms with van der Waals surface area (Å²) < 4.78 is 33.4. The standard InChI is InChI=1S/C21H19N3O3S/c1-14-12-17(10-11-20(14)27-2)28(25,26)24-16-7-5-6-15(13-16)21-22-18-8-3-4-9-19(18)23-21/h3-13,24H,1-2H3,(H,22,23). The molecule has 0 saturated heterocycles. The van der Waals surface area contributed by atoms with Crippen LogP contribution in [0.4, 0.5) is 5.69 Å². The number of nitrogens with zero attached hydrogens (tertiary/aromatic N) is 1. The molecule has 142 valence electrons. The zero-order valence-electron chi connectivity index (χ0n) is 15.4. The van der Waals surface area contributed by atoms with E-state index in [4.69, 9.17) is 4.74 Å². The van der Waals surface area contributed by atoms with Gasteiger partial charge in [-0.3, -0.25) is 4.72 Å². The van der Waals surface area contributed by atoms with E-state index in [-0.39, 0.29) is 4.90 Å². The number of para-hydroxylation sites is 2. The summed E-state index contributed by atoms with van der Waals surface area (Å²) in [5.41, 5.74) is 3.80. The first-order valence-corrected chi connectivity index (χ1v) is 10.2. The number of aromatic amines is 1. The van der Waals surface area contributed by atoms with Crippen molar-refractivity contribution in [2.24, 2.45) is 0 Å². The first kappa shape index (κ1) is 18.1. The second-order valence-corrected chi connectivity index (χ2v) is 8.10. The second-order valence-electron chi connectivity index (χ2n) is 6.42. The van der Waals surface area contributed by atoms with E-state index < -0.39 is 10.0 Å². The number of ether oxygens (including phenoxy) is 1. The van der Waals surface area contributed by atoms with Crippen LogP contribution in [0.2, 0.25) is 0 Å². The molecule has 2 N–H and O–H groups in total. The Morgan fingerprint density at radius 1 is 1.00 bits per heavy atom. The molecule has 3 aromatic carbocycles. The van der Waals surface area contributed by atoms with Gasteiger partial charge >= 0.3 is 0 Å². The fourth-order valence-corrected chi connectivity index (χ4v) is 4.19. The Morgan fingerprint density at radius 3 is 2.57 bits per heavy atom. The lowest BCUT2D eigenvalue weighted by atomic mass is 10.2. The number of H-pyrrole nitrogens is 1. The molecule has 1 heterocycles. The number of benzene rings is 3. The Bertz CT molecular complexity index is 1230. The molecule has 0 spiro atoms. The molecule has 0 aliphatic heterocycles. The van der Waals surface area contributed by atoms with Crippen molar-refractivity contribution in [3.05, 3.63) is 72.3 Å². The normalized spacial score (nSPS) is 11.5. The summed E-state index contributed by atoms with van der Waals surface area (Å²) >= 11 is 0. The Hall–Kier alpha value is -3.32. The van der Waals surface area contributed by atoms with Gasteiger partial charge in [0.2, 0.25) is 0 Å². The van der Waals surface area contributed by atoms with Gasteiger partial charge in [0, 0.05) is 11.3 Å². The highest BCUT2D eigenvalue weighted by molar-refractivity contribution is 7.92. The number of nitrogens with one attached hydrogen (secondary N) is 2. The number of hydrogen-bond acceptors (Lipinski definition) is 4. The summed E-state index contributed by atoms with van der Waals surface area (Å²) in [6.07, 6.45) is 0. The minimum Gasteiger partial charge on any atom is -0.496 e. The molecule has 0 bridgehead atoms. The summed E-state index contributed by atoms with van der Waals surface area (Å²) in [6, 6.07) is 19.6. The average molecular weight is 393 g/mol. The molecule has 0 saturated carbocycles. The summed E-state index contributed by atoms with van der Waals surface area (Å²) in [4.78, 5) is 7.99. The third-order valence-corrected chi connectivity index (χ3v) is 5.83. The summed E-state index contributed by atoms with van der Waals surface area (Å²) in [5, 5.41) is 0. The first-order valence-electron chi connectivity index (χ1n) is 8.69. The van der Waals surface area contributed by atoms with Gasteiger partial charge in [0.1, 0.15) is 11.6 Å². The van der Waals surface area contributed by atoms with Crippen LogP contribution in [-0.2, 0) is 10.0 Å². The molecule has 0 fully saturated rings. The van der Waals surface area contributed by atoms with Gasteiger partial charge in [-0.05, 0) is 55.0 Å². The maximum Gasteiger partial charge on any atom is 0.261 e. The largest absolute Gasteiger partial charge is 0.496 e. The van der Waals surface area contributed by atoms with Gasteiger partial charge in [0.25, 0.3) is 10.0 Å². The number of aromatic nitrogens is 2. The molecule has 0 aliphatic rings. The molecule has 1 aromatic heterocycles. The zero-order chi connectivity index (χ0) is 19.7. The van der Waals surface area contributed by atoms with E-state index in [1.165, 1.54) is 6.07 Å². The van der Waals surface area contributed by atoms with Crippen molar-refractivity contribution < 1.29 is 13.2 Å². The van der Waals surface area contributed by atoms with E-state index in [0.29, 0.717) is 17.3 Å². The van der Waals surface area contributed by atoms with Crippen LogP contribution in [0.5, 0.6) is 5.75 Å². The van der Waals surface area contributed by atoms with Crippen LogP contribution >= 0.6 is 0 Å². The number of hydrogen-bond donors (Lipinski definition) is 2. The van der Waals surface area contributed by atoms with Crippen LogP contribution in [-0.4, -0.2) is 25.5 Å². The summed E-state index contributed by atoms with van der Waals surface area (Å²) in [5.74, 6) is 1.33. The third-order valence-electron chi connectivity index (χ3n) is 4.45. The second kappa shape index (κ2) is 7.01. The molecule has 0 unspecified atom stereocenters. The van der Waals surface area contributed by atoms with Gasteiger partial charge in [0.05, 0.1) is 23.0 Å². The topological polar surface area (TPSA) is 84.1 Å². The minimum atomic E-state index is -3.72. The molecular formula is C21H19N3O3S. The van der Waals surface area contributed by atoms with Crippen molar-refractivity contribution in [2.45, 2.75) is 11.8 Å². The number of anilines is 1. The first-order chi connectivity index (χ1) is 13.5. The highest BCUT2D eigenvalue weighted by atomic mass is 32.2. The van der Waals surface area contributed by atoms with Crippen LogP contribution in [0.3, 0.4) is 0 Å². The molecule has 6 nitrogen and oxygen atoms in total. The summed E-state index contributed by atoms with van der Waals surface area (Å²) in [7, 11) is -2.17. The van der Waals surface area contributed by atoms with E-state index >= 15 is 0 Å². The Morgan fingerprint density at radius 2 is 1.82 bits per heavy atom. The number of imidazole rings is 1. The quantitative estimate of drug-likeness (QED) is 0.528. The van der Waals surface area contributed by atoms with E-state index in [9.17, 15) is 8.42 Å². The lowest BCUT2D eigenvalue weighted by Crippen LogP contribution is -2.13. The van der Waals surface area contributed by atoms with Crippen molar-refractivity contribution in [1.82, 2.24) is 9.97 Å². The number of fused-ring (bicyclic) bond motifs is 1. The van der Waals surface area contributed by atoms with E-state index in [1.54, 1.807) is 44.4 Å². The Kier molecular flexibility index (Phi) is 4.52. The maximum absolute atomic E-state index is 12.8. The van der Waals surface area contributed by atoms with Crippen LogP contribution < -0.4 is 9.46 Å². The summed E-state index contributed by atoms with van der Waals surface area (Å²) in [6.45, 7) is 1.81. The van der Waals surface area contributed by atoms with Gasteiger partial charge in [-0.1, -0.05) is 24.3 Å². The molecule has 4 aromatic rings. The maximum atomic E-state index is 12.8. The molecular weight excluding hydrogens is 374 g/mol. The highest BCUT2D eigenvalue weighted by Gasteiger charge is 2.16. The number of sulfonamides is 1. The molecule has 7 heteroatoms. The average Bonchev–Trinajstić information content (AvgIpc) is 3.12. The predicted octanol–water partition coefficient (Wildman–Crippen LogP) is 4.35. The van der Waals surface area contributed by atoms with Crippen molar-refractivity contribution in [1.29, 1.82) is 0 Å². The Labute approximate surface area is 163 Å². The van der Waals surface area contributed by atoms with Crippen LogP contribution in [0.1, 0.15) is 5.56 Å². The van der Waals surface area contributed by atoms with E-state index in [1.807, 2.05) is 30.3 Å². The van der Waals surface area contributed by atoms with E-state index in [0.717, 1.165) is 22.2 Å². The van der Waals surface area contributed by atoms with Crippen molar-refractivity contribution in [3.8, 4) is 17.1 Å². The lowest BCUT2D eigenvalue weighted by molar-refractivity contribution is 0.411. The fraction of sp³-hybridized carbons (Fsp3) is 0.0952. The van der Waals surface area contributed by atoms with Crippen LogP contribution in [0.25, 0.3) is 22.4 Å². The molecule has 4 rings (SSSR count). The predicted molar refractivity (Wildman–Crippen MR) is 110 cm³/mol. The zero-order valence-corrected chi connectivity index (χ0v) is 16.2. The van der Waals surface area contributed by atoms with Crippen molar-refractivity contribution in [3.63, 3.8) is 0 Å². The number of aryl methyl sites for hydroxylation is 1. The molecule has 0 amide bonds. The van der Waals surface area contributed by atoms with Crippen molar-refractivity contribution >= 4 is 26.7 Å². The van der Waals surface area contributed by atoms with Gasteiger partial charge in [-0.2, -0.15) is 0 Å². The number of methoxy groups -OCH3 is 1. The smallest absolute Gasteiger partial charge is 0.261 e. The minimum absolute atomic E-state index is 0.181. The molecule has 0 atom stereocenters. The number of rotatable bonds is 5. The van der Waals surface area contributed by atoms with E-state index in [2.05, 4.69) is 14.7 Å². The van der Waals surface area contributed by atoms with Crippen molar-refractivity contribution in [2.75, 3.05) is 11.8 Å². The SMILES string of the molecule is COc1ccc(S(=O)(=O)Nc2cccc(-c3nc4ccccc4[nH]3)c2)cc1C.